The van der Waals surface area contributed by atoms with E-state index < -0.39 is 0 Å². The SMILES string of the molecule is CCN(CC)c1nc(-n2cccn2)nc2ccc(C3CCCCC3)cc12. The lowest BCUT2D eigenvalue weighted by molar-refractivity contribution is 0.444. The van der Waals surface area contributed by atoms with Gasteiger partial charge in [-0.15, -0.1) is 0 Å². The van der Waals surface area contributed by atoms with Crippen LogP contribution in [0.25, 0.3) is 16.9 Å². The predicted octanol–water partition coefficient (Wildman–Crippen LogP) is 4.71. The van der Waals surface area contributed by atoms with Crippen LogP contribution in [0.2, 0.25) is 0 Å². The van der Waals surface area contributed by atoms with Gasteiger partial charge in [0.15, 0.2) is 0 Å². The Labute approximate surface area is 155 Å². The first-order valence-corrected chi connectivity index (χ1v) is 9.86. The van der Waals surface area contributed by atoms with Crippen molar-refractivity contribution in [2.24, 2.45) is 0 Å². The number of benzene rings is 1. The highest BCUT2D eigenvalue weighted by atomic mass is 15.3. The average Bonchev–Trinajstić information content (AvgIpc) is 3.24. The Balaban J connectivity index is 1.85. The van der Waals surface area contributed by atoms with Crippen molar-refractivity contribution >= 4 is 16.7 Å². The standard InChI is InChI=1S/C21H27N5/c1-3-25(4-2)20-18-15-17(16-9-6-5-7-10-16)11-12-19(18)23-21(24-20)26-14-8-13-22-26/h8,11-16H,3-7,9-10H2,1-2H3. The van der Waals surface area contributed by atoms with Crippen molar-refractivity contribution in [1.29, 1.82) is 0 Å². The third-order valence-corrected chi connectivity index (χ3v) is 5.54. The van der Waals surface area contributed by atoms with Crippen molar-refractivity contribution in [2.75, 3.05) is 18.0 Å². The average molecular weight is 349 g/mol. The molecule has 1 aliphatic carbocycles. The molecule has 0 radical (unpaired) electrons. The van der Waals surface area contributed by atoms with E-state index in [9.17, 15) is 0 Å². The Morgan fingerprint density at radius 2 is 1.88 bits per heavy atom. The molecule has 26 heavy (non-hydrogen) atoms. The van der Waals surface area contributed by atoms with Crippen LogP contribution in [-0.4, -0.2) is 32.8 Å². The lowest BCUT2D eigenvalue weighted by atomic mass is 9.84. The van der Waals surface area contributed by atoms with Gasteiger partial charge in [-0.25, -0.2) is 9.67 Å². The van der Waals surface area contributed by atoms with E-state index in [0.29, 0.717) is 11.9 Å². The molecule has 0 atom stereocenters. The highest BCUT2D eigenvalue weighted by Crippen LogP contribution is 2.35. The highest BCUT2D eigenvalue weighted by Gasteiger charge is 2.19. The number of anilines is 1. The first-order valence-electron chi connectivity index (χ1n) is 9.86. The third kappa shape index (κ3) is 3.18. The van der Waals surface area contributed by atoms with Gasteiger partial charge in [-0.3, -0.25) is 0 Å². The molecule has 0 saturated heterocycles. The van der Waals surface area contributed by atoms with Gasteiger partial charge in [-0.1, -0.05) is 25.3 Å². The number of rotatable bonds is 5. The summed E-state index contributed by atoms with van der Waals surface area (Å²) in [5.74, 6) is 2.33. The lowest BCUT2D eigenvalue weighted by Crippen LogP contribution is -2.24. The Morgan fingerprint density at radius 1 is 1.08 bits per heavy atom. The number of hydrogen-bond donors (Lipinski definition) is 0. The summed E-state index contributed by atoms with van der Waals surface area (Å²) < 4.78 is 1.74. The third-order valence-electron chi connectivity index (χ3n) is 5.54. The van der Waals surface area contributed by atoms with Crippen LogP contribution in [0, 0.1) is 0 Å². The number of fused-ring (bicyclic) bond motifs is 1. The van der Waals surface area contributed by atoms with Gasteiger partial charge in [0.05, 0.1) is 5.52 Å². The fourth-order valence-corrected chi connectivity index (χ4v) is 4.06. The van der Waals surface area contributed by atoms with Crippen LogP contribution in [0.3, 0.4) is 0 Å². The van der Waals surface area contributed by atoms with E-state index in [-0.39, 0.29) is 0 Å². The van der Waals surface area contributed by atoms with Gasteiger partial charge in [0.25, 0.3) is 5.95 Å². The molecule has 136 valence electrons. The van der Waals surface area contributed by atoms with E-state index >= 15 is 0 Å². The molecule has 0 aliphatic heterocycles. The highest BCUT2D eigenvalue weighted by molar-refractivity contribution is 5.90. The number of aromatic nitrogens is 4. The summed E-state index contributed by atoms with van der Waals surface area (Å²) in [6, 6.07) is 8.67. The van der Waals surface area contributed by atoms with E-state index in [0.717, 1.165) is 29.8 Å². The molecule has 0 spiro atoms. The van der Waals surface area contributed by atoms with Gasteiger partial charge in [0, 0.05) is 30.9 Å². The van der Waals surface area contributed by atoms with Gasteiger partial charge in [0.1, 0.15) is 5.82 Å². The maximum absolute atomic E-state index is 4.89. The minimum absolute atomic E-state index is 0.634. The summed E-state index contributed by atoms with van der Waals surface area (Å²) in [4.78, 5) is 12.0. The predicted molar refractivity (Wildman–Crippen MR) is 106 cm³/mol. The normalized spacial score (nSPS) is 15.5. The Bertz CT molecular complexity index is 861. The minimum Gasteiger partial charge on any atom is -0.356 e. The van der Waals surface area contributed by atoms with E-state index in [1.165, 1.54) is 37.7 Å². The van der Waals surface area contributed by atoms with E-state index in [1.807, 2.05) is 12.3 Å². The maximum atomic E-state index is 4.89. The van der Waals surface area contributed by atoms with Crippen molar-refractivity contribution < 1.29 is 0 Å². The molecule has 1 aromatic carbocycles. The van der Waals surface area contributed by atoms with E-state index in [2.05, 4.69) is 42.0 Å². The molecule has 0 unspecified atom stereocenters. The fraction of sp³-hybridized carbons (Fsp3) is 0.476. The smallest absolute Gasteiger partial charge is 0.253 e. The van der Waals surface area contributed by atoms with E-state index in [1.54, 1.807) is 10.9 Å². The van der Waals surface area contributed by atoms with E-state index in [4.69, 9.17) is 9.97 Å². The van der Waals surface area contributed by atoms with Crippen LogP contribution in [0.15, 0.2) is 36.7 Å². The van der Waals surface area contributed by atoms with Gasteiger partial charge in [0.2, 0.25) is 0 Å². The quantitative estimate of drug-likeness (QED) is 0.669. The van der Waals surface area contributed by atoms with Crippen molar-refractivity contribution in [3.63, 3.8) is 0 Å². The van der Waals surface area contributed by atoms with Crippen molar-refractivity contribution in [3.8, 4) is 5.95 Å². The zero-order valence-electron chi connectivity index (χ0n) is 15.7. The second kappa shape index (κ2) is 7.44. The molecule has 5 heteroatoms. The molecule has 1 fully saturated rings. The molecule has 1 aliphatic rings. The Morgan fingerprint density at radius 3 is 2.58 bits per heavy atom. The minimum atomic E-state index is 0.634. The van der Waals surface area contributed by atoms with Crippen LogP contribution in [0.5, 0.6) is 0 Å². The first-order chi connectivity index (χ1) is 12.8. The molecule has 5 nitrogen and oxygen atoms in total. The summed E-state index contributed by atoms with van der Waals surface area (Å²) in [5, 5.41) is 5.47. The first kappa shape index (κ1) is 17.0. The molecule has 4 rings (SSSR count). The Kier molecular flexibility index (Phi) is 4.87. The van der Waals surface area contributed by atoms with Gasteiger partial charge >= 0.3 is 0 Å². The summed E-state index contributed by atoms with van der Waals surface area (Å²) in [6.07, 6.45) is 10.3. The van der Waals surface area contributed by atoms with Gasteiger partial charge in [-0.2, -0.15) is 10.1 Å². The monoisotopic (exact) mass is 349 g/mol. The lowest BCUT2D eigenvalue weighted by Gasteiger charge is -2.24. The second-order valence-electron chi connectivity index (χ2n) is 7.08. The Hall–Kier alpha value is -2.43. The topological polar surface area (TPSA) is 46.8 Å². The summed E-state index contributed by atoms with van der Waals surface area (Å²) >= 11 is 0. The summed E-state index contributed by atoms with van der Waals surface area (Å²) in [6.45, 7) is 6.20. The molecule has 2 heterocycles. The fourth-order valence-electron chi connectivity index (χ4n) is 4.06. The molecular weight excluding hydrogens is 322 g/mol. The maximum Gasteiger partial charge on any atom is 0.253 e. The largest absolute Gasteiger partial charge is 0.356 e. The molecular formula is C21H27N5. The van der Waals surface area contributed by atoms with Crippen LogP contribution in [-0.2, 0) is 0 Å². The molecule has 0 bridgehead atoms. The number of hydrogen-bond acceptors (Lipinski definition) is 4. The summed E-state index contributed by atoms with van der Waals surface area (Å²) in [5.41, 5.74) is 2.44. The molecule has 0 amide bonds. The molecule has 2 aromatic heterocycles. The van der Waals surface area contributed by atoms with Gasteiger partial charge in [-0.05, 0) is 56.4 Å². The van der Waals surface area contributed by atoms with Crippen LogP contribution >= 0.6 is 0 Å². The van der Waals surface area contributed by atoms with Crippen LogP contribution in [0.4, 0.5) is 5.82 Å². The molecule has 3 aromatic rings. The number of nitrogens with zero attached hydrogens (tertiary/aromatic N) is 5. The zero-order valence-corrected chi connectivity index (χ0v) is 15.7. The van der Waals surface area contributed by atoms with Crippen molar-refractivity contribution in [3.05, 3.63) is 42.2 Å². The van der Waals surface area contributed by atoms with Crippen LogP contribution in [0.1, 0.15) is 57.4 Å². The molecule has 0 N–H and O–H groups in total. The van der Waals surface area contributed by atoms with Crippen LogP contribution < -0.4 is 4.90 Å². The molecule has 1 saturated carbocycles. The second-order valence-corrected chi connectivity index (χ2v) is 7.08. The van der Waals surface area contributed by atoms with Crippen molar-refractivity contribution in [2.45, 2.75) is 51.9 Å². The summed E-state index contributed by atoms with van der Waals surface area (Å²) in [7, 11) is 0. The van der Waals surface area contributed by atoms with Crippen molar-refractivity contribution in [1.82, 2.24) is 19.7 Å². The van der Waals surface area contributed by atoms with Gasteiger partial charge < -0.3 is 4.90 Å². The zero-order chi connectivity index (χ0) is 17.9.